The minimum absolute atomic E-state index is 0.0195. The van der Waals surface area contributed by atoms with Gasteiger partial charge in [-0.05, 0) is 54.4 Å². The lowest BCUT2D eigenvalue weighted by molar-refractivity contribution is -0.376. The number of hydrogen-bond acceptors (Lipinski definition) is 5. The number of halogens is 6. The molecule has 0 spiro atoms. The maximum Gasteiger partial charge on any atom is 0.430 e. The van der Waals surface area contributed by atoms with Crippen molar-refractivity contribution >= 4 is 5.97 Å². The molecule has 0 aliphatic heterocycles. The first-order valence-corrected chi connectivity index (χ1v) is 11.2. The van der Waals surface area contributed by atoms with E-state index in [1.54, 1.807) is 24.3 Å². The van der Waals surface area contributed by atoms with Crippen LogP contribution in [0.5, 0.6) is 11.5 Å². The summed E-state index contributed by atoms with van der Waals surface area (Å²) in [6.45, 7) is 1.24. The summed E-state index contributed by atoms with van der Waals surface area (Å²) in [4.78, 5) is 11.6. The Morgan fingerprint density at radius 3 is 2.03 bits per heavy atom. The van der Waals surface area contributed by atoms with Gasteiger partial charge < -0.3 is 19.3 Å². The summed E-state index contributed by atoms with van der Waals surface area (Å²) in [5.74, 6) is -0.110. The van der Waals surface area contributed by atoms with Gasteiger partial charge in [-0.2, -0.15) is 26.3 Å². The summed E-state index contributed by atoms with van der Waals surface area (Å²) >= 11 is 0. The van der Waals surface area contributed by atoms with E-state index in [9.17, 15) is 36.2 Å². The van der Waals surface area contributed by atoms with Gasteiger partial charge in [-0.1, -0.05) is 36.4 Å². The molecule has 0 radical (unpaired) electrons. The molecule has 0 bridgehead atoms. The molecule has 11 heteroatoms. The summed E-state index contributed by atoms with van der Waals surface area (Å²) in [6, 6.07) is 17.2. The fourth-order valence-corrected chi connectivity index (χ4v) is 3.68. The van der Waals surface area contributed by atoms with Crippen LogP contribution in [0.2, 0.25) is 0 Å². The van der Waals surface area contributed by atoms with Crippen LogP contribution in [0.4, 0.5) is 26.3 Å². The lowest BCUT2D eigenvalue weighted by atomic mass is 9.91. The second-order valence-electron chi connectivity index (χ2n) is 8.44. The van der Waals surface area contributed by atoms with Crippen LogP contribution in [-0.2, 0) is 16.8 Å². The lowest BCUT2D eigenvalue weighted by Crippen LogP contribution is -2.53. The van der Waals surface area contributed by atoms with Crippen molar-refractivity contribution in [3.63, 3.8) is 0 Å². The maximum atomic E-state index is 13.3. The van der Waals surface area contributed by atoms with Gasteiger partial charge in [0.05, 0.1) is 12.7 Å². The molecular weight excluding hydrogens is 518 g/mol. The topological polar surface area (TPSA) is 65.0 Å². The summed E-state index contributed by atoms with van der Waals surface area (Å²) in [6.07, 6.45) is -12.4. The zero-order chi connectivity index (χ0) is 28.1. The Bertz CT molecular complexity index is 1210. The summed E-state index contributed by atoms with van der Waals surface area (Å²) in [5.41, 5.74) is -5.30. The molecule has 5 nitrogen and oxygen atoms in total. The fraction of sp³-hybridized carbons (Fsp3) is 0.296. The number of carbonyl (C=O) groups is 1. The van der Waals surface area contributed by atoms with Gasteiger partial charge in [-0.15, -0.1) is 0 Å². The van der Waals surface area contributed by atoms with Crippen molar-refractivity contribution in [2.75, 3.05) is 13.7 Å². The smallest absolute Gasteiger partial charge is 0.430 e. The molecule has 1 atom stereocenters. The van der Waals surface area contributed by atoms with E-state index >= 15 is 0 Å². The third kappa shape index (κ3) is 6.39. The zero-order valence-electron chi connectivity index (χ0n) is 20.3. The predicted octanol–water partition coefficient (Wildman–Crippen LogP) is 6.16. The molecule has 0 fully saturated rings. The van der Waals surface area contributed by atoms with E-state index < -0.39 is 35.6 Å². The van der Waals surface area contributed by atoms with E-state index in [0.717, 1.165) is 11.6 Å². The molecule has 0 amide bonds. The van der Waals surface area contributed by atoms with Crippen molar-refractivity contribution < 1.29 is 50.5 Å². The molecule has 3 aromatic carbocycles. The van der Waals surface area contributed by atoms with Crippen molar-refractivity contribution in [1.29, 1.82) is 0 Å². The quantitative estimate of drug-likeness (QED) is 0.259. The number of ether oxygens (including phenoxy) is 3. The molecule has 3 rings (SSSR count). The van der Waals surface area contributed by atoms with Crippen molar-refractivity contribution in [3.8, 4) is 11.5 Å². The van der Waals surface area contributed by atoms with Crippen LogP contribution in [0, 0.1) is 6.92 Å². The lowest BCUT2D eigenvalue weighted by Gasteiger charge is -2.33. The van der Waals surface area contributed by atoms with Crippen molar-refractivity contribution in [2.45, 2.75) is 37.4 Å². The Labute approximate surface area is 214 Å². The van der Waals surface area contributed by atoms with Crippen LogP contribution >= 0.6 is 0 Å². The highest BCUT2D eigenvalue weighted by molar-refractivity contribution is 5.89. The van der Waals surface area contributed by atoms with Crippen LogP contribution in [0.15, 0.2) is 72.8 Å². The first-order valence-electron chi connectivity index (χ1n) is 11.2. The SMILES string of the molecule is COC(=O)c1ccc(OCC(Cc2ccccc2)Oc2ccc(C(O)(C(F)(F)F)C(F)(F)F)cc2C)cc1. The van der Waals surface area contributed by atoms with Crippen molar-refractivity contribution in [1.82, 2.24) is 0 Å². The summed E-state index contributed by atoms with van der Waals surface area (Å²) in [7, 11) is 1.25. The Kier molecular flexibility index (Phi) is 8.61. The standard InChI is InChI=1S/C27H24F6O5/c1-17-14-20(25(35,26(28,29)30)27(31,32)33)10-13-23(17)38-22(15-18-6-4-3-5-7-18)16-37-21-11-8-19(9-12-21)24(34)36-2/h3-14,22,35H,15-16H2,1-2H3. The van der Waals surface area contributed by atoms with Gasteiger partial charge in [-0.3, -0.25) is 0 Å². The Hall–Kier alpha value is -3.73. The van der Waals surface area contributed by atoms with Gasteiger partial charge in [0.25, 0.3) is 5.60 Å². The zero-order valence-corrected chi connectivity index (χ0v) is 20.3. The van der Waals surface area contributed by atoms with Crippen LogP contribution < -0.4 is 9.47 Å². The van der Waals surface area contributed by atoms with Gasteiger partial charge >= 0.3 is 18.3 Å². The minimum Gasteiger partial charge on any atom is -0.490 e. The van der Waals surface area contributed by atoms with E-state index in [1.165, 1.54) is 26.2 Å². The highest BCUT2D eigenvalue weighted by Crippen LogP contribution is 2.50. The number of rotatable bonds is 9. The maximum absolute atomic E-state index is 13.3. The van der Waals surface area contributed by atoms with E-state index in [4.69, 9.17) is 9.47 Å². The Morgan fingerprint density at radius 1 is 0.895 bits per heavy atom. The average molecular weight is 542 g/mol. The van der Waals surface area contributed by atoms with Crippen LogP contribution in [-0.4, -0.2) is 43.2 Å². The van der Waals surface area contributed by atoms with Gasteiger partial charge in [-0.25, -0.2) is 4.79 Å². The van der Waals surface area contributed by atoms with E-state index in [2.05, 4.69) is 4.74 Å². The van der Waals surface area contributed by atoms with Crippen LogP contribution in [0.3, 0.4) is 0 Å². The molecule has 0 aromatic heterocycles. The summed E-state index contributed by atoms with van der Waals surface area (Å²) in [5, 5.41) is 9.69. The van der Waals surface area contributed by atoms with E-state index in [1.807, 2.05) is 18.2 Å². The molecule has 3 aromatic rings. The fourth-order valence-electron chi connectivity index (χ4n) is 3.68. The molecule has 38 heavy (non-hydrogen) atoms. The van der Waals surface area contributed by atoms with Gasteiger partial charge in [0.1, 0.15) is 24.2 Å². The molecule has 0 aliphatic carbocycles. The molecule has 1 unspecified atom stereocenters. The van der Waals surface area contributed by atoms with Crippen molar-refractivity contribution in [2.24, 2.45) is 0 Å². The number of aryl methyl sites for hydroxylation is 1. The molecule has 0 saturated heterocycles. The number of benzene rings is 3. The number of methoxy groups -OCH3 is 1. The monoisotopic (exact) mass is 542 g/mol. The first-order chi connectivity index (χ1) is 17.8. The second kappa shape index (κ2) is 11.3. The van der Waals surface area contributed by atoms with Crippen molar-refractivity contribution in [3.05, 3.63) is 95.1 Å². The first kappa shape index (κ1) is 28.8. The van der Waals surface area contributed by atoms with Crippen LogP contribution in [0.25, 0.3) is 0 Å². The predicted molar refractivity (Wildman–Crippen MR) is 125 cm³/mol. The van der Waals surface area contributed by atoms with Gasteiger partial charge in [0, 0.05) is 12.0 Å². The highest BCUT2D eigenvalue weighted by atomic mass is 19.4. The number of hydrogen-bond donors (Lipinski definition) is 1. The second-order valence-corrected chi connectivity index (χ2v) is 8.44. The minimum atomic E-state index is -5.99. The average Bonchev–Trinajstić information content (AvgIpc) is 2.87. The van der Waals surface area contributed by atoms with E-state index in [-0.39, 0.29) is 17.9 Å². The Morgan fingerprint density at radius 2 is 1.50 bits per heavy atom. The number of aliphatic hydroxyl groups is 1. The number of carbonyl (C=O) groups excluding carboxylic acids is 1. The van der Waals surface area contributed by atoms with Gasteiger partial charge in [0.15, 0.2) is 0 Å². The highest BCUT2D eigenvalue weighted by Gasteiger charge is 2.71. The third-order valence-electron chi connectivity index (χ3n) is 5.72. The van der Waals surface area contributed by atoms with Crippen LogP contribution in [0.1, 0.15) is 27.0 Å². The molecule has 0 aliphatic rings. The number of esters is 1. The largest absolute Gasteiger partial charge is 0.490 e. The van der Waals surface area contributed by atoms with Gasteiger partial charge in [0.2, 0.25) is 0 Å². The Balaban J connectivity index is 1.84. The third-order valence-corrected chi connectivity index (χ3v) is 5.72. The molecule has 1 N–H and O–H groups in total. The molecular formula is C27H24F6O5. The molecule has 0 heterocycles. The number of alkyl halides is 6. The molecule has 204 valence electrons. The van der Waals surface area contributed by atoms with E-state index in [0.29, 0.717) is 29.9 Å². The normalized spacial score (nSPS) is 13.1. The molecule has 0 saturated carbocycles. The summed E-state index contributed by atoms with van der Waals surface area (Å²) < 4.78 is 96.0.